The Kier molecular flexibility index (Phi) is 17.6. The van der Waals surface area contributed by atoms with Gasteiger partial charge >= 0.3 is 12.2 Å². The van der Waals surface area contributed by atoms with Gasteiger partial charge in [0.15, 0.2) is 11.2 Å². The zero-order valence-electron chi connectivity index (χ0n) is 36.3. The van der Waals surface area contributed by atoms with Crippen molar-refractivity contribution in [1.29, 1.82) is 0 Å². The van der Waals surface area contributed by atoms with Gasteiger partial charge in [-0.05, 0) is 154 Å². The van der Waals surface area contributed by atoms with Crippen LogP contribution in [0.2, 0.25) is 0 Å². The number of Topliss-reactive ketones (excluding diaryl/α,β-unsaturated/α-hetero) is 2. The van der Waals surface area contributed by atoms with E-state index in [1.165, 1.54) is 0 Å². The molecule has 2 amide bonds. The number of hydrogen-bond acceptors (Lipinski definition) is 12. The molecule has 2 atom stereocenters. The Bertz CT molecular complexity index is 1990. The lowest BCUT2D eigenvalue weighted by atomic mass is 9.76. The summed E-state index contributed by atoms with van der Waals surface area (Å²) in [6.45, 7) is -1.04. The van der Waals surface area contributed by atoms with Crippen LogP contribution in [0.3, 0.4) is 0 Å². The molecular weight excluding hydrogens is 873 g/mol. The molecule has 6 rings (SSSR count). The molecule has 4 N–H and O–H groups in total. The standard InChI is InChI=1S/C49H58N2O8S4/c1-60-40-21-9-34(10-22-40)44(52)48(56,36-13-25-42(62-3)26-14-36)30-58-46(54)50-38-17-5-32(6-18-38)29-33-7-19-39(20-8-33)51-47(55)59-31-49(57,37-15-27-43(63-4)28-16-37)45(53)35-11-23-41(61-2)24-12-35/h9-16,21-28,32-33,38-39,56-57H,5-8,17-20,29-31H2,1-4H3,(H,50,54)(H,51,55). The van der Waals surface area contributed by atoms with Gasteiger partial charge in [0.2, 0.25) is 11.6 Å². The maximum atomic E-state index is 13.8. The lowest BCUT2D eigenvalue weighted by Crippen LogP contribution is -2.44. The van der Waals surface area contributed by atoms with Crippen LogP contribution in [0, 0.1) is 11.8 Å². The maximum Gasteiger partial charge on any atom is 0.407 e. The Labute approximate surface area is 388 Å². The molecule has 4 aromatic rings. The van der Waals surface area contributed by atoms with E-state index in [2.05, 4.69) is 10.6 Å². The molecule has 0 heterocycles. The quantitative estimate of drug-likeness (QED) is 0.0555. The minimum atomic E-state index is -2.06. The fourth-order valence-electron chi connectivity index (χ4n) is 8.57. The van der Waals surface area contributed by atoms with E-state index in [0.29, 0.717) is 34.1 Å². The number of alkyl carbamates (subject to hydrolysis) is 2. The number of carbonyl (C=O) groups excluding carboxylic acids is 4. The van der Waals surface area contributed by atoms with Crippen molar-refractivity contribution in [2.75, 3.05) is 38.2 Å². The highest BCUT2D eigenvalue weighted by Crippen LogP contribution is 2.36. The van der Waals surface area contributed by atoms with Crippen LogP contribution in [-0.2, 0) is 20.7 Å². The molecule has 4 aromatic carbocycles. The molecule has 2 saturated carbocycles. The molecule has 2 fully saturated rings. The number of thioether (sulfide) groups is 4. The normalized spacial score (nSPS) is 20.7. The lowest BCUT2D eigenvalue weighted by Gasteiger charge is -2.34. The van der Waals surface area contributed by atoms with Crippen molar-refractivity contribution in [1.82, 2.24) is 10.6 Å². The van der Waals surface area contributed by atoms with E-state index < -0.39 is 48.2 Å². The van der Waals surface area contributed by atoms with Gasteiger partial charge in [-0.3, -0.25) is 9.59 Å². The number of hydrogen-bond donors (Lipinski definition) is 4. The molecule has 2 aliphatic carbocycles. The first-order chi connectivity index (χ1) is 30.4. The zero-order chi connectivity index (χ0) is 45.0. The van der Waals surface area contributed by atoms with E-state index in [-0.39, 0.29) is 12.1 Å². The number of nitrogens with one attached hydrogen (secondary N) is 2. The SMILES string of the molecule is CSc1ccc(C(=O)C(O)(COC(=O)NC2CCC(CC3CCC(NC(=O)OCC(O)(C(=O)c4ccc(SC)cc4)c4ccc(SC)cc4)CC3)CC2)c2ccc(SC)cc2)cc1. The fourth-order valence-corrected chi connectivity index (χ4v) is 10.2. The van der Waals surface area contributed by atoms with Crippen LogP contribution in [0.15, 0.2) is 117 Å². The van der Waals surface area contributed by atoms with Gasteiger partial charge in [0.1, 0.15) is 13.2 Å². The second kappa shape index (κ2) is 22.8. The van der Waals surface area contributed by atoms with Gasteiger partial charge in [-0.15, -0.1) is 47.0 Å². The first-order valence-corrected chi connectivity index (χ1v) is 26.3. The summed E-state index contributed by atoms with van der Waals surface area (Å²) >= 11 is 6.22. The van der Waals surface area contributed by atoms with E-state index in [4.69, 9.17) is 9.47 Å². The van der Waals surface area contributed by atoms with Gasteiger partial charge in [0, 0.05) is 42.8 Å². The number of ether oxygens (including phenoxy) is 2. The summed E-state index contributed by atoms with van der Waals surface area (Å²) in [6.07, 6.45) is 14.7. The molecule has 0 aromatic heterocycles. The predicted molar refractivity (Wildman–Crippen MR) is 254 cm³/mol. The third-order valence-corrected chi connectivity index (χ3v) is 15.4. The van der Waals surface area contributed by atoms with Crippen molar-refractivity contribution in [2.45, 2.75) is 101 Å². The summed E-state index contributed by atoms with van der Waals surface area (Å²) in [7, 11) is 0. The molecule has 0 spiro atoms. The fraction of sp³-hybridized carbons (Fsp3) is 0.429. The highest BCUT2D eigenvalue weighted by Gasteiger charge is 2.42. The highest BCUT2D eigenvalue weighted by atomic mass is 32.2. The van der Waals surface area contributed by atoms with Crippen LogP contribution in [-0.4, -0.2) is 84.3 Å². The van der Waals surface area contributed by atoms with Gasteiger partial charge < -0.3 is 30.3 Å². The summed E-state index contributed by atoms with van der Waals surface area (Å²) < 4.78 is 11.2. The Morgan fingerprint density at radius 1 is 0.492 bits per heavy atom. The maximum absolute atomic E-state index is 13.8. The summed E-state index contributed by atoms with van der Waals surface area (Å²) in [4.78, 5) is 57.7. The lowest BCUT2D eigenvalue weighted by molar-refractivity contribution is -0.0112. The average molecular weight is 931 g/mol. The molecule has 0 aliphatic heterocycles. The smallest absolute Gasteiger partial charge is 0.407 e. The number of amides is 2. The monoisotopic (exact) mass is 930 g/mol. The van der Waals surface area contributed by atoms with Crippen molar-refractivity contribution in [3.05, 3.63) is 119 Å². The number of ketones is 2. The van der Waals surface area contributed by atoms with Crippen LogP contribution in [0.25, 0.3) is 0 Å². The van der Waals surface area contributed by atoms with Gasteiger partial charge in [0.05, 0.1) is 0 Å². The second-order valence-corrected chi connectivity index (χ2v) is 19.9. The van der Waals surface area contributed by atoms with Crippen LogP contribution in [0.1, 0.15) is 89.6 Å². The largest absolute Gasteiger partial charge is 0.446 e. The first-order valence-electron chi connectivity index (χ1n) is 21.4. The van der Waals surface area contributed by atoms with Crippen molar-refractivity contribution < 1.29 is 38.9 Å². The van der Waals surface area contributed by atoms with E-state index in [0.717, 1.165) is 77.4 Å². The van der Waals surface area contributed by atoms with Crippen LogP contribution in [0.5, 0.6) is 0 Å². The summed E-state index contributed by atoms with van der Waals surface area (Å²) in [6, 6.07) is 28.1. The molecule has 10 nitrogen and oxygen atoms in total. The van der Waals surface area contributed by atoms with E-state index in [9.17, 15) is 29.4 Å². The van der Waals surface area contributed by atoms with Gasteiger partial charge in [-0.1, -0.05) is 48.5 Å². The number of aliphatic hydroxyl groups is 2. The van der Waals surface area contributed by atoms with Crippen LogP contribution >= 0.6 is 47.0 Å². The molecule has 0 radical (unpaired) electrons. The first kappa shape index (κ1) is 48.5. The van der Waals surface area contributed by atoms with Gasteiger partial charge in [-0.2, -0.15) is 0 Å². The van der Waals surface area contributed by atoms with Crippen molar-refractivity contribution in [3.63, 3.8) is 0 Å². The molecule has 63 heavy (non-hydrogen) atoms. The predicted octanol–water partition coefficient (Wildman–Crippen LogP) is 10.4. The number of rotatable bonds is 18. The average Bonchev–Trinajstić information content (AvgIpc) is 3.33. The zero-order valence-corrected chi connectivity index (χ0v) is 39.6. The Morgan fingerprint density at radius 3 is 1.06 bits per heavy atom. The van der Waals surface area contributed by atoms with E-state index in [1.807, 2.05) is 73.6 Å². The van der Waals surface area contributed by atoms with Gasteiger partial charge in [0.25, 0.3) is 0 Å². The Hall–Kier alpha value is -3.92. The molecule has 336 valence electrons. The number of benzene rings is 4. The molecule has 14 heteroatoms. The molecule has 0 saturated heterocycles. The summed E-state index contributed by atoms with van der Waals surface area (Å²) in [5.41, 5.74) is -2.75. The summed E-state index contributed by atoms with van der Waals surface area (Å²) in [5.74, 6) is -0.0210. The minimum Gasteiger partial charge on any atom is -0.446 e. The third kappa shape index (κ3) is 12.7. The Morgan fingerprint density at radius 2 is 0.778 bits per heavy atom. The number of carbonyl (C=O) groups is 4. The molecule has 2 unspecified atom stereocenters. The van der Waals surface area contributed by atoms with Crippen molar-refractivity contribution >= 4 is 70.8 Å². The second-order valence-electron chi connectivity index (χ2n) is 16.4. The van der Waals surface area contributed by atoms with E-state index in [1.54, 1.807) is 95.6 Å². The van der Waals surface area contributed by atoms with Gasteiger partial charge in [-0.25, -0.2) is 9.59 Å². The Balaban J connectivity index is 0.940. The van der Waals surface area contributed by atoms with Crippen LogP contribution < -0.4 is 10.6 Å². The molecular formula is C49H58N2O8S4. The summed E-state index contributed by atoms with van der Waals surface area (Å²) in [5, 5.41) is 29.7. The molecule has 0 bridgehead atoms. The van der Waals surface area contributed by atoms with E-state index >= 15 is 0 Å². The molecule has 2 aliphatic rings. The third-order valence-electron chi connectivity index (χ3n) is 12.4. The minimum absolute atomic E-state index is 0.0631. The van der Waals surface area contributed by atoms with Crippen molar-refractivity contribution in [3.8, 4) is 0 Å². The van der Waals surface area contributed by atoms with Crippen molar-refractivity contribution in [2.24, 2.45) is 11.8 Å². The van der Waals surface area contributed by atoms with Crippen LogP contribution in [0.4, 0.5) is 9.59 Å². The topological polar surface area (TPSA) is 151 Å². The highest BCUT2D eigenvalue weighted by molar-refractivity contribution is 7.99.